The van der Waals surface area contributed by atoms with Gasteiger partial charge in [-0.3, -0.25) is 4.98 Å². The summed E-state index contributed by atoms with van der Waals surface area (Å²) < 4.78 is 5.61. The number of benzene rings is 1. The second-order valence-electron chi connectivity index (χ2n) is 4.24. The number of hydrogen-bond donors (Lipinski definition) is 1. The molecule has 2 aromatic rings. The van der Waals surface area contributed by atoms with Crippen molar-refractivity contribution in [1.29, 1.82) is 0 Å². The van der Waals surface area contributed by atoms with Gasteiger partial charge in [0.15, 0.2) is 0 Å². The summed E-state index contributed by atoms with van der Waals surface area (Å²) in [6, 6.07) is 8.89. The molecular weight excluding hydrogens is 242 g/mol. The molecule has 0 aliphatic heterocycles. The summed E-state index contributed by atoms with van der Waals surface area (Å²) in [5, 5.41) is 8.93. The van der Waals surface area contributed by atoms with Crippen molar-refractivity contribution < 1.29 is 14.6 Å². The molecule has 19 heavy (non-hydrogen) atoms. The number of rotatable bonds is 5. The molecule has 98 valence electrons. The minimum absolute atomic E-state index is 0.307. The molecule has 1 N–H and O–H groups in total. The molecule has 0 atom stereocenters. The molecule has 2 rings (SSSR count). The fourth-order valence-corrected chi connectivity index (χ4v) is 1.80. The lowest BCUT2D eigenvalue weighted by atomic mass is 10.1. The molecule has 0 bridgehead atoms. The van der Waals surface area contributed by atoms with Crippen molar-refractivity contribution in [2.45, 2.75) is 13.3 Å². The summed E-state index contributed by atoms with van der Waals surface area (Å²) in [4.78, 5) is 14.8. The third-order valence-electron chi connectivity index (χ3n) is 2.84. The number of hydrogen-bond acceptors (Lipinski definition) is 3. The van der Waals surface area contributed by atoms with Gasteiger partial charge in [-0.2, -0.15) is 0 Å². The van der Waals surface area contributed by atoms with E-state index in [1.54, 1.807) is 37.5 Å². The van der Waals surface area contributed by atoms with E-state index in [0.29, 0.717) is 23.5 Å². The second kappa shape index (κ2) is 6.00. The van der Waals surface area contributed by atoms with E-state index in [2.05, 4.69) is 4.98 Å². The van der Waals surface area contributed by atoms with Crippen LogP contribution in [0.4, 0.5) is 0 Å². The number of aryl methyl sites for hydroxylation is 1. The van der Waals surface area contributed by atoms with Crippen molar-refractivity contribution in [3.05, 3.63) is 59.4 Å². The molecule has 0 fully saturated rings. The summed E-state index contributed by atoms with van der Waals surface area (Å²) in [6.45, 7) is 2.31. The van der Waals surface area contributed by atoms with E-state index in [4.69, 9.17) is 9.84 Å². The number of aromatic nitrogens is 1. The zero-order valence-electron chi connectivity index (χ0n) is 10.7. The molecule has 0 saturated carbocycles. The monoisotopic (exact) mass is 257 g/mol. The van der Waals surface area contributed by atoms with E-state index in [9.17, 15) is 4.79 Å². The van der Waals surface area contributed by atoms with Crippen LogP contribution < -0.4 is 4.74 Å². The van der Waals surface area contributed by atoms with Crippen LogP contribution in [0.15, 0.2) is 42.7 Å². The van der Waals surface area contributed by atoms with E-state index in [0.717, 1.165) is 12.0 Å². The average Bonchev–Trinajstić information content (AvgIpc) is 2.39. The first-order chi connectivity index (χ1) is 9.16. The van der Waals surface area contributed by atoms with Crippen LogP contribution in [0.1, 0.15) is 21.5 Å². The van der Waals surface area contributed by atoms with Crippen LogP contribution in [0.25, 0.3) is 0 Å². The lowest BCUT2D eigenvalue weighted by Crippen LogP contribution is -2.03. The van der Waals surface area contributed by atoms with Crippen molar-refractivity contribution in [2.24, 2.45) is 0 Å². The molecule has 1 heterocycles. The molecule has 0 saturated heterocycles. The summed E-state index contributed by atoms with van der Waals surface area (Å²) in [7, 11) is 0. The van der Waals surface area contributed by atoms with Gasteiger partial charge in [-0.25, -0.2) is 4.79 Å². The number of carboxylic acid groups (broad SMARTS) is 1. The summed E-state index contributed by atoms with van der Waals surface area (Å²) in [5.41, 5.74) is 2.17. The zero-order valence-corrected chi connectivity index (χ0v) is 10.7. The minimum Gasteiger partial charge on any atom is -0.493 e. The highest BCUT2D eigenvalue weighted by molar-refractivity contribution is 5.89. The molecule has 1 aromatic carbocycles. The Morgan fingerprint density at radius 3 is 2.63 bits per heavy atom. The standard InChI is InChI=1S/C15H15NO3/c1-11-10-13(2-3-14(11)15(17)18)19-9-6-12-4-7-16-8-5-12/h2-5,7-8,10H,6,9H2,1H3,(H,17,18). The highest BCUT2D eigenvalue weighted by Gasteiger charge is 2.07. The van der Waals surface area contributed by atoms with Crippen LogP contribution in [-0.2, 0) is 6.42 Å². The van der Waals surface area contributed by atoms with Crippen molar-refractivity contribution in [1.82, 2.24) is 4.98 Å². The van der Waals surface area contributed by atoms with E-state index in [-0.39, 0.29) is 0 Å². The van der Waals surface area contributed by atoms with Gasteiger partial charge in [-0.15, -0.1) is 0 Å². The number of ether oxygens (including phenoxy) is 1. The first kappa shape index (κ1) is 13.1. The maximum atomic E-state index is 10.9. The van der Waals surface area contributed by atoms with Crippen LogP contribution in [0.2, 0.25) is 0 Å². The Kier molecular flexibility index (Phi) is 4.13. The fraction of sp³-hybridized carbons (Fsp3) is 0.200. The van der Waals surface area contributed by atoms with Gasteiger partial charge in [-0.1, -0.05) is 0 Å². The van der Waals surface area contributed by atoms with Gasteiger partial charge in [0.05, 0.1) is 12.2 Å². The van der Waals surface area contributed by atoms with Crippen molar-refractivity contribution >= 4 is 5.97 Å². The Labute approximate surface area is 111 Å². The van der Waals surface area contributed by atoms with Gasteiger partial charge >= 0.3 is 5.97 Å². The summed E-state index contributed by atoms with van der Waals surface area (Å²) >= 11 is 0. The quantitative estimate of drug-likeness (QED) is 0.894. The fourth-order valence-electron chi connectivity index (χ4n) is 1.80. The molecular formula is C15H15NO3. The van der Waals surface area contributed by atoms with E-state index < -0.39 is 5.97 Å². The van der Waals surface area contributed by atoms with Gasteiger partial charge in [0, 0.05) is 18.8 Å². The zero-order chi connectivity index (χ0) is 13.7. The Hall–Kier alpha value is -2.36. The highest BCUT2D eigenvalue weighted by atomic mass is 16.5. The number of carbonyl (C=O) groups is 1. The van der Waals surface area contributed by atoms with Gasteiger partial charge < -0.3 is 9.84 Å². The largest absolute Gasteiger partial charge is 0.493 e. The molecule has 0 radical (unpaired) electrons. The van der Waals surface area contributed by atoms with Crippen molar-refractivity contribution in [3.63, 3.8) is 0 Å². The topological polar surface area (TPSA) is 59.4 Å². The first-order valence-electron chi connectivity index (χ1n) is 6.02. The van der Waals surface area contributed by atoms with Gasteiger partial charge in [0.1, 0.15) is 5.75 Å². The Morgan fingerprint density at radius 2 is 2.00 bits per heavy atom. The van der Waals surface area contributed by atoms with Crippen molar-refractivity contribution in [2.75, 3.05) is 6.61 Å². The summed E-state index contributed by atoms with van der Waals surface area (Å²) in [5.74, 6) is -0.225. The second-order valence-corrected chi connectivity index (χ2v) is 4.24. The molecule has 4 nitrogen and oxygen atoms in total. The predicted octanol–water partition coefficient (Wildman–Crippen LogP) is 2.71. The maximum absolute atomic E-state index is 10.9. The van der Waals surface area contributed by atoms with Crippen molar-refractivity contribution in [3.8, 4) is 5.75 Å². The summed E-state index contributed by atoms with van der Waals surface area (Å²) in [6.07, 6.45) is 4.30. The molecule has 0 aliphatic rings. The van der Waals surface area contributed by atoms with Crippen LogP contribution in [0.3, 0.4) is 0 Å². The first-order valence-corrected chi connectivity index (χ1v) is 6.02. The Balaban J connectivity index is 1.93. The van der Waals surface area contributed by atoms with Crippen LogP contribution in [-0.4, -0.2) is 22.7 Å². The Bertz CT molecular complexity index is 567. The van der Waals surface area contributed by atoms with E-state index >= 15 is 0 Å². The van der Waals surface area contributed by atoms with Gasteiger partial charge in [0.25, 0.3) is 0 Å². The average molecular weight is 257 g/mol. The number of pyridine rings is 1. The molecule has 0 amide bonds. The minimum atomic E-state index is -0.916. The molecule has 1 aromatic heterocycles. The number of aromatic carboxylic acids is 1. The van der Waals surface area contributed by atoms with E-state index in [1.165, 1.54) is 0 Å². The van der Waals surface area contributed by atoms with Gasteiger partial charge in [-0.05, 0) is 48.4 Å². The molecule has 4 heteroatoms. The van der Waals surface area contributed by atoms with Crippen LogP contribution >= 0.6 is 0 Å². The van der Waals surface area contributed by atoms with Crippen LogP contribution in [0, 0.1) is 6.92 Å². The SMILES string of the molecule is Cc1cc(OCCc2ccncc2)ccc1C(=O)O. The normalized spacial score (nSPS) is 10.2. The highest BCUT2D eigenvalue weighted by Crippen LogP contribution is 2.17. The Morgan fingerprint density at radius 1 is 1.26 bits per heavy atom. The third-order valence-corrected chi connectivity index (χ3v) is 2.84. The maximum Gasteiger partial charge on any atom is 0.335 e. The number of carboxylic acids is 1. The molecule has 0 spiro atoms. The molecule has 0 unspecified atom stereocenters. The van der Waals surface area contributed by atoms with E-state index in [1.807, 2.05) is 12.1 Å². The third kappa shape index (κ3) is 3.55. The predicted molar refractivity (Wildman–Crippen MR) is 71.6 cm³/mol. The van der Waals surface area contributed by atoms with Crippen LogP contribution in [0.5, 0.6) is 5.75 Å². The smallest absolute Gasteiger partial charge is 0.335 e. The number of nitrogens with zero attached hydrogens (tertiary/aromatic N) is 1. The lowest BCUT2D eigenvalue weighted by molar-refractivity contribution is 0.0696. The molecule has 0 aliphatic carbocycles. The lowest BCUT2D eigenvalue weighted by Gasteiger charge is -2.08. The van der Waals surface area contributed by atoms with Gasteiger partial charge in [0.2, 0.25) is 0 Å².